The molecule has 0 N–H and O–H groups in total. The van der Waals surface area contributed by atoms with Crippen molar-refractivity contribution >= 4 is 17.4 Å². The minimum absolute atomic E-state index is 0.0558. The highest BCUT2D eigenvalue weighted by molar-refractivity contribution is 5.68. The van der Waals surface area contributed by atoms with Gasteiger partial charge in [0.2, 0.25) is 0 Å². The number of alkyl halides is 2. The van der Waals surface area contributed by atoms with E-state index in [4.69, 9.17) is 4.74 Å². The van der Waals surface area contributed by atoms with Crippen LogP contribution in [0.25, 0.3) is 22.6 Å². The minimum atomic E-state index is -2.75. The van der Waals surface area contributed by atoms with Crippen LogP contribution >= 0.6 is 0 Å². The van der Waals surface area contributed by atoms with Crippen molar-refractivity contribution in [3.05, 3.63) is 53.5 Å². The summed E-state index contributed by atoms with van der Waals surface area (Å²) in [6.45, 7) is 8.22. The number of carbonyl (C=O) groups is 1. The van der Waals surface area contributed by atoms with Crippen molar-refractivity contribution in [3.8, 4) is 11.3 Å². The molecule has 1 aliphatic heterocycles. The Morgan fingerprint density at radius 3 is 2.47 bits per heavy atom. The Kier molecular flexibility index (Phi) is 5.88. The van der Waals surface area contributed by atoms with E-state index in [1.807, 2.05) is 20.8 Å². The molecule has 36 heavy (non-hydrogen) atoms. The van der Waals surface area contributed by atoms with Gasteiger partial charge < -0.3 is 14.0 Å². The fourth-order valence-electron chi connectivity index (χ4n) is 4.51. The smallest absolute Gasteiger partial charge is 0.410 e. The number of likely N-dealkylation sites (tertiary alicyclic amines) is 1. The van der Waals surface area contributed by atoms with Crippen LogP contribution in [0.2, 0.25) is 0 Å². The number of hydrogen-bond donors (Lipinski definition) is 0. The molecule has 0 radical (unpaired) electrons. The largest absolute Gasteiger partial charge is 0.444 e. The van der Waals surface area contributed by atoms with Crippen molar-refractivity contribution in [2.75, 3.05) is 13.1 Å². The number of fused-ring (bicyclic) bond motifs is 2. The number of pyridine rings is 1. The van der Waals surface area contributed by atoms with Crippen molar-refractivity contribution in [1.82, 2.24) is 28.9 Å². The van der Waals surface area contributed by atoms with Crippen LogP contribution in [0.5, 0.6) is 0 Å². The van der Waals surface area contributed by atoms with Gasteiger partial charge in [0.1, 0.15) is 5.60 Å². The van der Waals surface area contributed by atoms with Gasteiger partial charge in [0.15, 0.2) is 17.1 Å². The first-order valence-corrected chi connectivity index (χ1v) is 11.8. The van der Waals surface area contributed by atoms with E-state index in [2.05, 4.69) is 15.1 Å². The molecule has 0 atom stereocenters. The van der Waals surface area contributed by atoms with Crippen LogP contribution < -0.4 is 0 Å². The van der Waals surface area contributed by atoms with Crippen LogP contribution in [-0.4, -0.2) is 53.7 Å². The summed E-state index contributed by atoms with van der Waals surface area (Å²) in [6.07, 6.45) is 3.20. The molecule has 0 aliphatic carbocycles. The molecular weight excluding hydrogens is 473 g/mol. The maximum Gasteiger partial charge on any atom is 0.410 e. The van der Waals surface area contributed by atoms with Gasteiger partial charge in [0.25, 0.3) is 6.43 Å². The lowest BCUT2D eigenvalue weighted by Gasteiger charge is -2.32. The molecule has 1 aliphatic rings. The summed E-state index contributed by atoms with van der Waals surface area (Å²) in [5.41, 5.74) is 1.23. The van der Waals surface area contributed by atoms with Crippen LogP contribution in [0, 0.1) is 12.7 Å². The van der Waals surface area contributed by atoms with E-state index >= 15 is 4.39 Å². The van der Waals surface area contributed by atoms with E-state index in [0.717, 1.165) is 5.69 Å². The fourth-order valence-corrected chi connectivity index (χ4v) is 4.51. The van der Waals surface area contributed by atoms with Gasteiger partial charge >= 0.3 is 6.09 Å². The van der Waals surface area contributed by atoms with Gasteiger partial charge in [-0.25, -0.2) is 32.4 Å². The number of carbonyl (C=O) groups excluding carboxylic acids is 1. The second-order valence-corrected chi connectivity index (χ2v) is 10.2. The zero-order chi connectivity index (χ0) is 25.8. The Bertz CT molecular complexity index is 1450. The first kappa shape index (κ1) is 24.1. The second-order valence-electron chi connectivity index (χ2n) is 10.2. The molecule has 0 saturated carbocycles. The Balaban J connectivity index is 1.42. The summed E-state index contributed by atoms with van der Waals surface area (Å²) in [7, 11) is 0. The van der Waals surface area contributed by atoms with Crippen LogP contribution in [0.4, 0.5) is 18.0 Å². The molecule has 0 aromatic carbocycles. The molecule has 4 aromatic heterocycles. The van der Waals surface area contributed by atoms with E-state index in [0.29, 0.717) is 37.2 Å². The average molecular weight is 501 g/mol. The number of amides is 1. The third kappa shape index (κ3) is 4.61. The van der Waals surface area contributed by atoms with Gasteiger partial charge in [-0.1, -0.05) is 0 Å². The van der Waals surface area contributed by atoms with E-state index < -0.39 is 17.8 Å². The van der Waals surface area contributed by atoms with Crippen molar-refractivity contribution < 1.29 is 22.7 Å². The van der Waals surface area contributed by atoms with Gasteiger partial charge in [-0.3, -0.25) is 0 Å². The Morgan fingerprint density at radius 2 is 1.81 bits per heavy atom. The molecule has 0 spiro atoms. The summed E-state index contributed by atoms with van der Waals surface area (Å²) in [5, 5.41) is 4.38. The molecule has 0 unspecified atom stereocenters. The van der Waals surface area contributed by atoms with Crippen LogP contribution in [-0.2, 0) is 4.74 Å². The van der Waals surface area contributed by atoms with E-state index in [9.17, 15) is 13.6 Å². The van der Waals surface area contributed by atoms with Crippen molar-refractivity contribution in [3.63, 3.8) is 0 Å². The van der Waals surface area contributed by atoms with Crippen LogP contribution in [0.1, 0.15) is 62.9 Å². The molecule has 1 fully saturated rings. The van der Waals surface area contributed by atoms with Gasteiger partial charge in [-0.05, 0) is 52.7 Å². The standard InChI is InChI=1S/C25H27F3N6O2/c1-14-11-34-22(29-14)17(21(27)28)10-19(31-34)16-9-18(26)23-30-20(13-33(23)12-16)15-5-7-32(8-6-15)24(35)36-25(2,3)4/h9-13,15,21H,5-8H2,1-4H3. The maximum absolute atomic E-state index is 15.1. The first-order valence-electron chi connectivity index (χ1n) is 11.8. The van der Waals surface area contributed by atoms with Gasteiger partial charge in [-0.15, -0.1) is 0 Å². The number of nitrogens with zero attached hydrogens (tertiary/aromatic N) is 6. The molecule has 5 rings (SSSR count). The lowest BCUT2D eigenvalue weighted by molar-refractivity contribution is 0.0204. The average Bonchev–Trinajstić information content (AvgIpc) is 3.40. The molecule has 190 valence electrons. The molecule has 5 heterocycles. The first-order chi connectivity index (χ1) is 17.0. The number of piperidine rings is 1. The summed E-state index contributed by atoms with van der Waals surface area (Å²) < 4.78 is 50.8. The Hall–Kier alpha value is -3.63. The normalized spacial score (nSPS) is 15.4. The predicted molar refractivity (Wildman–Crippen MR) is 127 cm³/mol. The Morgan fingerprint density at radius 1 is 1.08 bits per heavy atom. The topological polar surface area (TPSA) is 77.0 Å². The number of ether oxygens (including phenoxy) is 1. The number of rotatable bonds is 3. The summed E-state index contributed by atoms with van der Waals surface area (Å²) in [5.74, 6) is -0.521. The van der Waals surface area contributed by atoms with Crippen molar-refractivity contribution in [1.29, 1.82) is 0 Å². The lowest BCUT2D eigenvalue weighted by Crippen LogP contribution is -2.41. The molecule has 0 bridgehead atoms. The van der Waals surface area contributed by atoms with Crippen LogP contribution in [0.15, 0.2) is 30.7 Å². The molecule has 8 nitrogen and oxygen atoms in total. The molecule has 11 heteroatoms. The molecule has 1 amide bonds. The Labute approximate surface area is 205 Å². The zero-order valence-corrected chi connectivity index (χ0v) is 20.5. The van der Waals surface area contributed by atoms with Gasteiger partial charge in [0, 0.05) is 37.0 Å². The molecular formula is C25H27F3N6O2. The number of aromatic nitrogens is 5. The third-order valence-electron chi connectivity index (χ3n) is 6.19. The molecule has 1 saturated heterocycles. The van der Waals surface area contributed by atoms with Crippen molar-refractivity contribution in [2.45, 2.75) is 58.5 Å². The van der Waals surface area contributed by atoms with Gasteiger partial charge in [0.05, 0.1) is 28.8 Å². The highest BCUT2D eigenvalue weighted by Crippen LogP contribution is 2.31. The van der Waals surface area contributed by atoms with E-state index in [1.54, 1.807) is 34.8 Å². The number of hydrogen-bond acceptors (Lipinski definition) is 5. The van der Waals surface area contributed by atoms with E-state index in [-0.39, 0.29) is 34.6 Å². The highest BCUT2D eigenvalue weighted by atomic mass is 19.3. The second kappa shape index (κ2) is 8.79. The predicted octanol–water partition coefficient (Wildman–Crippen LogP) is 5.54. The molecule has 4 aromatic rings. The summed E-state index contributed by atoms with van der Waals surface area (Å²) in [6, 6.07) is 2.50. The van der Waals surface area contributed by atoms with Crippen LogP contribution in [0.3, 0.4) is 0 Å². The lowest BCUT2D eigenvalue weighted by atomic mass is 9.94. The minimum Gasteiger partial charge on any atom is -0.444 e. The number of imidazole rings is 2. The SMILES string of the molecule is Cc1cn2nc(-c3cc(F)c4nc(C5CCN(C(=O)OC(C)(C)C)CC5)cn4c3)cc(C(F)F)c2n1. The number of aryl methyl sites for hydroxylation is 1. The zero-order valence-electron chi connectivity index (χ0n) is 20.5. The summed E-state index contributed by atoms with van der Waals surface area (Å²) in [4.78, 5) is 22.6. The van der Waals surface area contributed by atoms with E-state index in [1.165, 1.54) is 16.6 Å². The number of halogens is 3. The fraction of sp³-hybridized carbons (Fsp3) is 0.440. The van der Waals surface area contributed by atoms with Crippen molar-refractivity contribution in [2.24, 2.45) is 0 Å². The maximum atomic E-state index is 15.1. The summed E-state index contributed by atoms with van der Waals surface area (Å²) >= 11 is 0. The quantitative estimate of drug-likeness (QED) is 0.369. The third-order valence-corrected chi connectivity index (χ3v) is 6.19. The van der Waals surface area contributed by atoms with Gasteiger partial charge in [-0.2, -0.15) is 5.10 Å². The monoisotopic (exact) mass is 500 g/mol. The highest BCUT2D eigenvalue weighted by Gasteiger charge is 2.29.